The summed E-state index contributed by atoms with van der Waals surface area (Å²) in [5.41, 5.74) is 3.36. The number of nitrogens with one attached hydrogen (secondary N) is 1. The molecule has 0 fully saturated rings. The van der Waals surface area contributed by atoms with Crippen LogP contribution in [-0.4, -0.2) is 12.6 Å². The van der Waals surface area contributed by atoms with Gasteiger partial charge in [0, 0.05) is 6.04 Å². The van der Waals surface area contributed by atoms with Gasteiger partial charge in [-0.2, -0.15) is 5.48 Å². The predicted molar refractivity (Wildman–Crippen MR) is 104 cm³/mol. The van der Waals surface area contributed by atoms with Gasteiger partial charge in [-0.15, -0.1) is 0 Å². The topological polar surface area (TPSA) is 21.3 Å². The molecule has 0 rings (SSSR count). The molecule has 1 N–H and O–H groups in total. The summed E-state index contributed by atoms with van der Waals surface area (Å²) in [6.45, 7) is 9.80. The number of hydrogen-bond acceptors (Lipinski definition) is 2. The lowest BCUT2D eigenvalue weighted by atomic mass is 10.0. The molecule has 0 spiro atoms. The van der Waals surface area contributed by atoms with Crippen molar-refractivity contribution < 1.29 is 4.84 Å². The van der Waals surface area contributed by atoms with Gasteiger partial charge in [0.2, 0.25) is 0 Å². The Morgan fingerprint density at radius 2 is 1.09 bits per heavy atom. The molecule has 0 radical (unpaired) electrons. The highest BCUT2D eigenvalue weighted by molar-refractivity contribution is 4.63. The molecule has 0 aromatic rings. The minimum absolute atomic E-state index is 0.561. The third-order valence-electron chi connectivity index (χ3n) is 4.48. The Balaban J connectivity index is 3.75. The van der Waals surface area contributed by atoms with E-state index in [0.717, 1.165) is 6.61 Å². The van der Waals surface area contributed by atoms with E-state index < -0.39 is 0 Å². The SMILES string of the molecule is CCCCCCCCC(CCCCCCCC)NOCC(C)C. The van der Waals surface area contributed by atoms with Crippen molar-refractivity contribution in [3.05, 3.63) is 0 Å². The van der Waals surface area contributed by atoms with Crippen LogP contribution in [0.2, 0.25) is 0 Å². The number of hydroxylamine groups is 1. The zero-order chi connectivity index (χ0) is 17.2. The van der Waals surface area contributed by atoms with Crippen LogP contribution in [0.25, 0.3) is 0 Å². The fourth-order valence-electron chi connectivity index (χ4n) is 2.94. The van der Waals surface area contributed by atoms with Crippen molar-refractivity contribution in [2.75, 3.05) is 6.61 Å². The maximum absolute atomic E-state index is 5.70. The summed E-state index contributed by atoms with van der Waals surface area (Å²) in [5.74, 6) is 0.603. The molecule has 0 saturated carbocycles. The van der Waals surface area contributed by atoms with E-state index in [4.69, 9.17) is 4.84 Å². The van der Waals surface area contributed by atoms with Crippen LogP contribution >= 0.6 is 0 Å². The molecule has 0 amide bonds. The third-order valence-corrected chi connectivity index (χ3v) is 4.48. The Labute approximate surface area is 147 Å². The second kappa shape index (κ2) is 18.3. The average Bonchev–Trinajstić information content (AvgIpc) is 2.53. The van der Waals surface area contributed by atoms with Gasteiger partial charge in [0.05, 0.1) is 6.61 Å². The van der Waals surface area contributed by atoms with E-state index in [0.29, 0.717) is 12.0 Å². The van der Waals surface area contributed by atoms with Crippen molar-refractivity contribution in [3.8, 4) is 0 Å². The molecule has 0 atom stereocenters. The highest BCUT2D eigenvalue weighted by atomic mass is 16.6. The van der Waals surface area contributed by atoms with Crippen LogP contribution < -0.4 is 5.48 Å². The molecule has 140 valence electrons. The highest BCUT2D eigenvalue weighted by Crippen LogP contribution is 2.14. The minimum Gasteiger partial charge on any atom is -0.301 e. The van der Waals surface area contributed by atoms with E-state index in [1.54, 1.807) is 0 Å². The first-order valence-corrected chi connectivity index (χ1v) is 10.6. The summed E-state index contributed by atoms with van der Waals surface area (Å²) in [7, 11) is 0. The standard InChI is InChI=1S/C21H45NO/c1-5-7-9-11-13-15-17-21(22-23-19-20(3)4)18-16-14-12-10-8-6-2/h20-22H,5-19H2,1-4H3. The van der Waals surface area contributed by atoms with Crippen LogP contribution in [0.4, 0.5) is 0 Å². The Hall–Kier alpha value is -0.0800. The predicted octanol–water partition coefficient (Wildman–Crippen LogP) is 7.03. The average molecular weight is 328 g/mol. The van der Waals surface area contributed by atoms with Crippen molar-refractivity contribution in [3.63, 3.8) is 0 Å². The molecule has 0 aliphatic carbocycles. The van der Waals surface area contributed by atoms with Gasteiger partial charge in [-0.3, -0.25) is 0 Å². The molecule has 0 aliphatic heterocycles. The van der Waals surface area contributed by atoms with Crippen LogP contribution in [0.5, 0.6) is 0 Å². The van der Waals surface area contributed by atoms with Crippen molar-refractivity contribution >= 4 is 0 Å². The van der Waals surface area contributed by atoms with Gasteiger partial charge < -0.3 is 4.84 Å². The fraction of sp³-hybridized carbons (Fsp3) is 1.00. The maximum Gasteiger partial charge on any atom is 0.0705 e. The third kappa shape index (κ3) is 18.1. The van der Waals surface area contributed by atoms with Crippen LogP contribution in [0, 0.1) is 5.92 Å². The minimum atomic E-state index is 0.561. The maximum atomic E-state index is 5.70. The Bertz CT molecular complexity index is 202. The fourth-order valence-corrected chi connectivity index (χ4v) is 2.94. The van der Waals surface area contributed by atoms with Gasteiger partial charge in [-0.1, -0.05) is 105 Å². The second-order valence-corrected chi connectivity index (χ2v) is 7.63. The van der Waals surface area contributed by atoms with Crippen molar-refractivity contribution in [2.45, 2.75) is 124 Å². The summed E-state index contributed by atoms with van der Waals surface area (Å²) in [6.07, 6.45) is 19.1. The van der Waals surface area contributed by atoms with Gasteiger partial charge in [-0.25, -0.2) is 0 Å². The Kier molecular flexibility index (Phi) is 18.2. The number of rotatable bonds is 18. The lowest BCUT2D eigenvalue weighted by Crippen LogP contribution is -2.30. The smallest absolute Gasteiger partial charge is 0.0705 e. The first-order valence-electron chi connectivity index (χ1n) is 10.6. The van der Waals surface area contributed by atoms with E-state index in [9.17, 15) is 0 Å². The summed E-state index contributed by atoms with van der Waals surface area (Å²) >= 11 is 0. The first kappa shape index (κ1) is 22.9. The van der Waals surface area contributed by atoms with E-state index in [1.165, 1.54) is 89.9 Å². The van der Waals surface area contributed by atoms with Gasteiger partial charge >= 0.3 is 0 Å². The monoisotopic (exact) mass is 327 g/mol. The molecule has 0 bridgehead atoms. The van der Waals surface area contributed by atoms with E-state index in [2.05, 4.69) is 33.2 Å². The Morgan fingerprint density at radius 1 is 0.652 bits per heavy atom. The van der Waals surface area contributed by atoms with Gasteiger partial charge in [0.25, 0.3) is 0 Å². The van der Waals surface area contributed by atoms with Crippen molar-refractivity contribution in [2.24, 2.45) is 5.92 Å². The molecule has 0 unspecified atom stereocenters. The molecule has 0 aromatic heterocycles. The molecule has 0 saturated heterocycles. The van der Waals surface area contributed by atoms with Crippen LogP contribution in [0.1, 0.15) is 118 Å². The molecule has 0 aromatic carbocycles. The second-order valence-electron chi connectivity index (χ2n) is 7.63. The van der Waals surface area contributed by atoms with Gasteiger partial charge in [-0.05, 0) is 18.8 Å². The van der Waals surface area contributed by atoms with Gasteiger partial charge in [0.1, 0.15) is 0 Å². The summed E-state index contributed by atoms with van der Waals surface area (Å²) in [5, 5.41) is 0. The largest absolute Gasteiger partial charge is 0.301 e. The highest BCUT2D eigenvalue weighted by Gasteiger charge is 2.09. The van der Waals surface area contributed by atoms with Gasteiger partial charge in [0.15, 0.2) is 0 Å². The van der Waals surface area contributed by atoms with Crippen molar-refractivity contribution in [1.29, 1.82) is 0 Å². The zero-order valence-corrected chi connectivity index (χ0v) is 16.7. The molecule has 2 nitrogen and oxygen atoms in total. The molecule has 2 heteroatoms. The van der Waals surface area contributed by atoms with Crippen LogP contribution in [0.15, 0.2) is 0 Å². The quantitative estimate of drug-likeness (QED) is 0.215. The number of unbranched alkanes of at least 4 members (excludes halogenated alkanes) is 10. The van der Waals surface area contributed by atoms with Crippen molar-refractivity contribution in [1.82, 2.24) is 5.48 Å². The first-order chi connectivity index (χ1) is 11.2. The molecular weight excluding hydrogens is 282 g/mol. The lowest BCUT2D eigenvalue weighted by Gasteiger charge is -2.19. The molecule has 23 heavy (non-hydrogen) atoms. The summed E-state index contributed by atoms with van der Waals surface area (Å²) < 4.78 is 0. The van der Waals surface area contributed by atoms with E-state index >= 15 is 0 Å². The summed E-state index contributed by atoms with van der Waals surface area (Å²) in [4.78, 5) is 5.70. The number of hydrogen-bond donors (Lipinski definition) is 1. The summed E-state index contributed by atoms with van der Waals surface area (Å²) in [6, 6.07) is 0.561. The van der Waals surface area contributed by atoms with E-state index in [1.807, 2.05) is 0 Å². The van der Waals surface area contributed by atoms with Crippen LogP contribution in [0.3, 0.4) is 0 Å². The lowest BCUT2D eigenvalue weighted by molar-refractivity contribution is -0.00373. The Morgan fingerprint density at radius 3 is 1.52 bits per heavy atom. The molecular formula is C21H45NO. The zero-order valence-electron chi connectivity index (χ0n) is 16.7. The van der Waals surface area contributed by atoms with E-state index in [-0.39, 0.29) is 0 Å². The molecule has 0 aliphatic rings. The normalized spacial score (nSPS) is 11.7. The molecule has 0 heterocycles. The van der Waals surface area contributed by atoms with Crippen LogP contribution in [-0.2, 0) is 4.84 Å².